The van der Waals surface area contributed by atoms with Crippen LogP contribution in [-0.2, 0) is 21.4 Å². The molecular weight excluding hydrogens is 466 g/mol. The van der Waals surface area contributed by atoms with E-state index < -0.39 is 26.9 Å². The van der Waals surface area contributed by atoms with Crippen LogP contribution in [0.5, 0.6) is 0 Å². The zero-order valence-corrected chi connectivity index (χ0v) is 21.4. The van der Waals surface area contributed by atoms with E-state index in [2.05, 4.69) is 11.9 Å². The maximum Gasteiger partial charge on any atom is 0.412 e. The molecule has 1 saturated heterocycles. The van der Waals surface area contributed by atoms with Gasteiger partial charge in [-0.25, -0.2) is 13.2 Å². The van der Waals surface area contributed by atoms with E-state index in [0.717, 1.165) is 10.5 Å². The van der Waals surface area contributed by atoms with Crippen molar-refractivity contribution in [3.05, 3.63) is 72.8 Å². The Morgan fingerprint density at radius 3 is 2.23 bits per heavy atom. The number of nitrogens with one attached hydrogen (secondary N) is 1. The zero-order chi connectivity index (χ0) is 26.0. The Bertz CT molecular complexity index is 1190. The van der Waals surface area contributed by atoms with Crippen molar-refractivity contribution < 1.29 is 23.1 Å². The first-order chi connectivity index (χ1) is 16.3. The zero-order valence-electron chi connectivity index (χ0n) is 20.6. The molecule has 1 aliphatic heterocycles. The second kappa shape index (κ2) is 9.83. The first-order valence-electron chi connectivity index (χ1n) is 11.4. The number of sulfonamides is 1. The first kappa shape index (κ1) is 26.4. The van der Waals surface area contributed by atoms with E-state index in [0.29, 0.717) is 0 Å². The van der Waals surface area contributed by atoms with Crippen LogP contribution in [0, 0.1) is 10.8 Å². The minimum Gasteiger partial charge on any atom is -0.465 e. The van der Waals surface area contributed by atoms with Crippen LogP contribution in [0.25, 0.3) is 0 Å². The molecule has 2 amide bonds. The molecule has 0 spiro atoms. The molecule has 3 rings (SSSR count). The van der Waals surface area contributed by atoms with E-state index in [1.165, 1.54) is 22.5 Å². The standard InChI is InChI=1S/C26H33N3O5S/c1-6-22(30)27-23-25(2,3)17-28(18-26(23,4)5)35(33,34)21-14-10-13-20(15-21)29(24(31)32)16-19-11-8-7-9-12-19/h6-15,23H,1,16-18H2,2-5H3,(H,27,30)(H,31,32). The van der Waals surface area contributed by atoms with Crippen LogP contribution in [-0.4, -0.2) is 49.0 Å². The van der Waals surface area contributed by atoms with Crippen molar-refractivity contribution in [3.8, 4) is 0 Å². The van der Waals surface area contributed by atoms with Gasteiger partial charge in [-0.05, 0) is 40.7 Å². The largest absolute Gasteiger partial charge is 0.465 e. The van der Waals surface area contributed by atoms with Gasteiger partial charge in [-0.2, -0.15) is 4.31 Å². The fraction of sp³-hybridized carbons (Fsp3) is 0.385. The maximum absolute atomic E-state index is 13.7. The van der Waals surface area contributed by atoms with Crippen molar-refractivity contribution >= 4 is 27.7 Å². The van der Waals surface area contributed by atoms with Gasteiger partial charge in [-0.1, -0.05) is 70.7 Å². The summed E-state index contributed by atoms with van der Waals surface area (Å²) in [6.07, 6.45) is 0.0363. The van der Waals surface area contributed by atoms with E-state index in [1.54, 1.807) is 12.1 Å². The quantitative estimate of drug-likeness (QED) is 0.558. The Labute approximate surface area is 207 Å². The summed E-state index contributed by atoms with van der Waals surface area (Å²) in [4.78, 5) is 25.2. The summed E-state index contributed by atoms with van der Waals surface area (Å²) in [7, 11) is -3.94. The summed E-state index contributed by atoms with van der Waals surface area (Å²) < 4.78 is 28.8. The number of amides is 2. The molecule has 8 nitrogen and oxygen atoms in total. The molecule has 1 aliphatic rings. The highest BCUT2D eigenvalue weighted by atomic mass is 32.2. The Hall–Kier alpha value is -3.17. The normalized spacial score (nSPS) is 17.9. The molecule has 2 aromatic carbocycles. The van der Waals surface area contributed by atoms with Crippen molar-refractivity contribution in [1.82, 2.24) is 9.62 Å². The van der Waals surface area contributed by atoms with Gasteiger partial charge in [0.25, 0.3) is 0 Å². The second-order valence-electron chi connectivity index (χ2n) is 10.2. The Balaban J connectivity index is 1.93. The molecule has 0 aromatic heterocycles. The lowest BCUT2D eigenvalue weighted by molar-refractivity contribution is -0.120. The number of hydrogen-bond donors (Lipinski definition) is 2. The third kappa shape index (κ3) is 5.74. The lowest BCUT2D eigenvalue weighted by Crippen LogP contribution is -2.64. The first-order valence-corrected chi connectivity index (χ1v) is 12.8. The number of anilines is 1. The topological polar surface area (TPSA) is 107 Å². The molecule has 0 unspecified atom stereocenters. The van der Waals surface area contributed by atoms with Crippen molar-refractivity contribution in [2.24, 2.45) is 10.8 Å². The van der Waals surface area contributed by atoms with Crippen molar-refractivity contribution in [3.63, 3.8) is 0 Å². The van der Waals surface area contributed by atoms with Crippen LogP contribution >= 0.6 is 0 Å². The Morgan fingerprint density at radius 1 is 1.09 bits per heavy atom. The van der Waals surface area contributed by atoms with Gasteiger partial charge in [-0.15, -0.1) is 0 Å². The van der Waals surface area contributed by atoms with Crippen LogP contribution in [0.3, 0.4) is 0 Å². The number of piperidine rings is 1. The van der Waals surface area contributed by atoms with Gasteiger partial charge >= 0.3 is 6.09 Å². The number of carbonyl (C=O) groups excluding carboxylic acids is 1. The van der Waals surface area contributed by atoms with Crippen molar-refractivity contribution in [2.45, 2.75) is 45.2 Å². The number of benzene rings is 2. The van der Waals surface area contributed by atoms with E-state index in [9.17, 15) is 23.1 Å². The number of carbonyl (C=O) groups is 2. The summed E-state index contributed by atoms with van der Waals surface area (Å²) >= 11 is 0. The molecule has 1 fully saturated rings. The average molecular weight is 500 g/mol. The average Bonchev–Trinajstić information content (AvgIpc) is 2.79. The molecule has 2 N–H and O–H groups in total. The van der Waals surface area contributed by atoms with E-state index in [-0.39, 0.29) is 42.2 Å². The van der Waals surface area contributed by atoms with Gasteiger partial charge in [0.15, 0.2) is 0 Å². The third-order valence-corrected chi connectivity index (χ3v) is 8.17. The van der Waals surface area contributed by atoms with Crippen molar-refractivity contribution in [1.29, 1.82) is 0 Å². The van der Waals surface area contributed by atoms with Gasteiger partial charge in [0, 0.05) is 24.8 Å². The highest BCUT2D eigenvalue weighted by Crippen LogP contribution is 2.42. The molecule has 0 atom stereocenters. The van der Waals surface area contributed by atoms with Crippen LogP contribution in [0.4, 0.5) is 10.5 Å². The van der Waals surface area contributed by atoms with Crippen LogP contribution in [0.1, 0.15) is 33.3 Å². The minimum absolute atomic E-state index is 0.0227. The lowest BCUT2D eigenvalue weighted by Gasteiger charge is -2.52. The highest BCUT2D eigenvalue weighted by molar-refractivity contribution is 7.89. The van der Waals surface area contributed by atoms with Crippen LogP contribution in [0.15, 0.2) is 72.1 Å². The second-order valence-corrected chi connectivity index (χ2v) is 12.2. The number of carboxylic acid groups (broad SMARTS) is 1. The van der Waals surface area contributed by atoms with Gasteiger partial charge in [0.1, 0.15) is 0 Å². The molecule has 0 saturated carbocycles. The van der Waals surface area contributed by atoms with Gasteiger partial charge < -0.3 is 10.4 Å². The molecule has 1 heterocycles. The molecule has 0 radical (unpaired) electrons. The van der Waals surface area contributed by atoms with Gasteiger partial charge in [0.05, 0.1) is 11.4 Å². The monoisotopic (exact) mass is 499 g/mol. The van der Waals surface area contributed by atoms with Gasteiger partial charge in [0.2, 0.25) is 15.9 Å². The van der Waals surface area contributed by atoms with E-state index in [4.69, 9.17) is 0 Å². The molecule has 0 aliphatic carbocycles. The fourth-order valence-electron chi connectivity index (χ4n) is 4.96. The molecule has 9 heteroatoms. The highest BCUT2D eigenvalue weighted by Gasteiger charge is 2.50. The van der Waals surface area contributed by atoms with E-state index >= 15 is 0 Å². The minimum atomic E-state index is -3.94. The van der Waals surface area contributed by atoms with Crippen LogP contribution < -0.4 is 10.2 Å². The lowest BCUT2D eigenvalue weighted by atomic mass is 9.67. The summed E-state index contributed by atoms with van der Waals surface area (Å²) in [5.74, 6) is -0.299. The Morgan fingerprint density at radius 2 is 1.69 bits per heavy atom. The Kier molecular flexibility index (Phi) is 7.42. The summed E-state index contributed by atoms with van der Waals surface area (Å²) in [5.41, 5.74) is -0.0683. The van der Waals surface area contributed by atoms with Crippen LogP contribution in [0.2, 0.25) is 0 Å². The summed E-state index contributed by atoms with van der Waals surface area (Å²) in [6, 6.07) is 14.9. The molecule has 35 heavy (non-hydrogen) atoms. The molecule has 2 aromatic rings. The van der Waals surface area contributed by atoms with E-state index in [1.807, 2.05) is 58.0 Å². The number of rotatable bonds is 7. The predicted molar refractivity (Wildman–Crippen MR) is 136 cm³/mol. The molecule has 0 bridgehead atoms. The van der Waals surface area contributed by atoms with Gasteiger partial charge in [-0.3, -0.25) is 9.69 Å². The summed E-state index contributed by atoms with van der Waals surface area (Å²) in [6.45, 7) is 11.7. The number of nitrogens with zero attached hydrogens (tertiary/aromatic N) is 2. The molecular formula is C26H33N3O5S. The molecule has 188 valence electrons. The van der Waals surface area contributed by atoms with Crippen molar-refractivity contribution in [2.75, 3.05) is 18.0 Å². The summed E-state index contributed by atoms with van der Waals surface area (Å²) in [5, 5.41) is 12.8. The smallest absolute Gasteiger partial charge is 0.412 e. The third-order valence-electron chi connectivity index (χ3n) is 6.38. The maximum atomic E-state index is 13.7. The SMILES string of the molecule is C=CC(=O)NC1C(C)(C)CN(S(=O)(=O)c2cccc(N(Cc3ccccc3)C(=O)O)c2)CC1(C)C. The fourth-order valence-corrected chi connectivity index (χ4v) is 6.79. The number of hydrogen-bond acceptors (Lipinski definition) is 4. The predicted octanol–water partition coefficient (Wildman–Crippen LogP) is 4.10.